The zero-order valence-electron chi connectivity index (χ0n) is 61.9. The summed E-state index contributed by atoms with van der Waals surface area (Å²) in [6, 6.07) is 28.0. The number of nitrogens with zero attached hydrogens (tertiary/aromatic N) is 12. The maximum Gasteiger partial charge on any atom is 0.471 e. The molecule has 0 unspecified atom stereocenters. The minimum atomic E-state index is -4.89. The van der Waals surface area contributed by atoms with E-state index < -0.39 is 54.3 Å². The number of primary sulfonamides is 3. The molecule has 10 N–H and O–H groups in total. The van der Waals surface area contributed by atoms with Gasteiger partial charge in [-0.3, -0.25) is 33.2 Å². The predicted molar refractivity (Wildman–Crippen MR) is 438 cm³/mol. The number of amides is 1. The molecule has 40 heteroatoms. The zero-order valence-corrected chi connectivity index (χ0v) is 69.9. The number of ketones is 3. The van der Waals surface area contributed by atoms with E-state index in [0.29, 0.717) is 92.7 Å². The van der Waals surface area contributed by atoms with Crippen molar-refractivity contribution in [1.29, 1.82) is 0 Å². The number of rotatable bonds is 26. The Morgan fingerprint density at radius 2 is 0.887 bits per heavy atom. The van der Waals surface area contributed by atoms with Gasteiger partial charge in [-0.25, -0.2) is 70.6 Å². The monoisotopic (exact) mass is 1860 g/mol. The van der Waals surface area contributed by atoms with Crippen LogP contribution >= 0.6 is 59.4 Å². The van der Waals surface area contributed by atoms with Crippen molar-refractivity contribution in [1.82, 2.24) is 64.6 Å². The van der Waals surface area contributed by atoms with E-state index >= 15 is 0 Å². The van der Waals surface area contributed by atoms with Crippen LogP contribution in [0.3, 0.4) is 0 Å². The Balaban J connectivity index is 0.000000192. The number of nitrogens with one attached hydrogen (secondary N) is 3. The lowest BCUT2D eigenvalue weighted by atomic mass is 9.96. The lowest BCUT2D eigenvalue weighted by molar-refractivity contribution is -0.174. The van der Waals surface area contributed by atoms with E-state index in [0.717, 1.165) is 56.2 Å². The standard InChI is InChI=1S/C23H27BrN6O3S.C22H25BrN6O4S.C15H10BrClN4O.C10H17F3N2O3S.C4H8O.CH4/c1-15-9-19(11-17(15)6-8-34(25,32)33)28-23-20(12-26-14-27-23)22(31)21-5-7-30(29-21)13-16-3-2-4-18(24)10-16;23-16-3-1-2-14(8-16)12-29-6-4-19(28-29)21(31)18-11-25-13-26-22(18)27-17-9-15(20(30)10-17)5-7-34(24,32)33;16-11-3-1-2-10(6-11)8-21-5-4-13(20-21)14(22)12-7-18-9-19-15(12)17;1-6-4-8(15-9(16)10(11,12)13)5-7(6)2-3-19(14,17)18;1-2-4-5-3-1;/h2-5,7,10,12,14-15,17,19H,6,8-9,11,13H2,1H3,(H2,25,32,33)(H,26,27,28);1-4,6,8,11,13,15,17,20,30H,5,7,9-10,12H2,(H2,24,32,33)(H,25,26,27);1-7,9H,8H2;6-8H,2-5H2,1H3,(H,15,16)(H2,14,17,18);1-4H2;1H4/t15-,17+,19-;15-,17+,20-;;6-,7-,8-;;/m00.0../s1. The number of carbonyl (C=O) groups is 4. The van der Waals surface area contributed by atoms with Gasteiger partial charge in [0.25, 0.3) is 0 Å². The maximum atomic E-state index is 13.2. The molecule has 1 saturated heterocycles. The van der Waals surface area contributed by atoms with Gasteiger partial charge in [-0.1, -0.05) is 117 Å². The third-order valence-electron chi connectivity index (χ3n) is 19.3. The summed E-state index contributed by atoms with van der Waals surface area (Å²) in [6.45, 7) is 7.57. The van der Waals surface area contributed by atoms with Gasteiger partial charge in [0.1, 0.15) is 52.9 Å². The van der Waals surface area contributed by atoms with E-state index in [4.69, 9.17) is 31.8 Å². The molecule has 3 aliphatic carbocycles. The van der Waals surface area contributed by atoms with Crippen LogP contribution in [-0.2, 0) is 59.2 Å². The normalized spacial score (nSPS) is 19.8. The summed E-state index contributed by atoms with van der Waals surface area (Å²) in [4.78, 5) is 73.7. The molecule has 3 saturated carbocycles. The summed E-state index contributed by atoms with van der Waals surface area (Å²) >= 11 is 16.3. The number of anilines is 2. The number of hydrogen-bond donors (Lipinski definition) is 7. The number of hydrogen-bond acceptors (Lipinski definition) is 23. The molecule has 13 rings (SSSR count). The number of halogens is 7. The van der Waals surface area contributed by atoms with Crippen molar-refractivity contribution in [3.63, 3.8) is 0 Å². The molecule has 0 spiro atoms. The van der Waals surface area contributed by atoms with Gasteiger partial charge >= 0.3 is 12.1 Å². The number of aromatic nitrogens is 12. The second kappa shape index (κ2) is 42.8. The van der Waals surface area contributed by atoms with Gasteiger partial charge in [0.05, 0.1) is 59.7 Å². The number of alkyl halides is 3. The maximum absolute atomic E-state index is 13.2. The minimum Gasteiger partial charge on any atom is -0.393 e. The predicted octanol–water partition coefficient (Wildman–Crippen LogP) is 10.7. The second-order valence-corrected chi connectivity index (χ2v) is 36.5. The first-order chi connectivity index (χ1) is 54.0. The lowest BCUT2D eigenvalue weighted by Crippen LogP contribution is -2.42. The summed E-state index contributed by atoms with van der Waals surface area (Å²) in [7, 11) is -10.6. The molecule has 4 aliphatic rings. The molecule has 30 nitrogen and oxygen atoms in total. The Bertz CT molecular complexity index is 4920. The van der Waals surface area contributed by atoms with Crippen molar-refractivity contribution >= 4 is 124 Å². The zero-order chi connectivity index (χ0) is 82.5. The number of aliphatic hydroxyl groups excluding tert-OH is 1. The van der Waals surface area contributed by atoms with E-state index in [9.17, 15) is 62.7 Å². The van der Waals surface area contributed by atoms with Crippen LogP contribution in [-0.4, -0.2) is 174 Å². The van der Waals surface area contributed by atoms with E-state index in [1.165, 1.54) is 50.4 Å². The third-order valence-corrected chi connectivity index (χ3v) is 23.5. The Morgan fingerprint density at radius 1 is 0.530 bits per heavy atom. The fourth-order valence-corrected chi connectivity index (χ4v) is 17.0. The molecule has 1 aliphatic heterocycles. The Labute approximate surface area is 695 Å². The van der Waals surface area contributed by atoms with Gasteiger partial charge in [0.15, 0.2) is 0 Å². The molecule has 1 amide bonds. The molecule has 0 bridgehead atoms. The molecule has 115 heavy (non-hydrogen) atoms. The number of benzene rings is 3. The van der Waals surface area contributed by atoms with E-state index in [1.54, 1.807) is 50.8 Å². The van der Waals surface area contributed by atoms with Gasteiger partial charge < -0.3 is 25.8 Å². The van der Waals surface area contributed by atoms with Gasteiger partial charge in [0, 0.05) is 81.9 Å². The topological polar surface area (TPSA) is 445 Å². The average molecular weight is 1870 g/mol. The Morgan fingerprint density at radius 3 is 1.26 bits per heavy atom. The number of carbonyl (C=O) groups excluding carboxylic acids is 4. The van der Waals surface area contributed by atoms with Gasteiger partial charge in [-0.15, -0.1) is 0 Å². The molecule has 6 aromatic heterocycles. The molecule has 0 radical (unpaired) electrons. The first kappa shape index (κ1) is 92.3. The fraction of sp³-hybridized carbons (Fsp3) is 0.427. The summed E-state index contributed by atoms with van der Waals surface area (Å²) < 4.78 is 116. The van der Waals surface area contributed by atoms with Crippen molar-refractivity contribution in [2.45, 2.75) is 142 Å². The van der Waals surface area contributed by atoms with Crippen LogP contribution in [0.15, 0.2) is 161 Å². The van der Waals surface area contributed by atoms with Gasteiger partial charge in [0.2, 0.25) is 47.4 Å². The number of nitrogens with two attached hydrogens (primary N) is 3. The smallest absolute Gasteiger partial charge is 0.393 e. The molecule has 7 heterocycles. The molecular weight excluding hydrogens is 1770 g/mol. The summed E-state index contributed by atoms with van der Waals surface area (Å²) in [5.41, 5.74) is 4.96. The first-order valence-corrected chi connectivity index (χ1v) is 44.1. The van der Waals surface area contributed by atoms with Crippen molar-refractivity contribution in [2.24, 2.45) is 45.0 Å². The molecule has 4 fully saturated rings. The largest absolute Gasteiger partial charge is 0.471 e. The quantitative estimate of drug-likeness (QED) is 0.0196. The summed E-state index contributed by atoms with van der Waals surface area (Å²) in [5, 5.41) is 47.3. The summed E-state index contributed by atoms with van der Waals surface area (Å²) in [6.07, 6.45) is 15.1. The van der Waals surface area contributed by atoms with Crippen LogP contribution in [0, 0.1) is 29.6 Å². The minimum absolute atomic E-state index is 0. The highest BCUT2D eigenvalue weighted by Crippen LogP contribution is 2.38. The average Bonchev–Trinajstić information content (AvgIpc) is 1.72. The first-order valence-electron chi connectivity index (χ1n) is 36.2. The van der Waals surface area contributed by atoms with Gasteiger partial charge in [-0.05, 0) is 172 Å². The van der Waals surface area contributed by atoms with Crippen molar-refractivity contribution in [2.75, 3.05) is 41.1 Å². The molecule has 9 atom stereocenters. The van der Waals surface area contributed by atoms with Gasteiger partial charge in [-0.2, -0.15) is 28.5 Å². The Kier molecular flexibility index (Phi) is 34.3. The van der Waals surface area contributed by atoms with E-state index in [2.05, 4.69) is 111 Å². The number of aliphatic hydroxyl groups is 1. The lowest BCUT2D eigenvalue weighted by Gasteiger charge is -2.15. The van der Waals surface area contributed by atoms with Crippen molar-refractivity contribution in [3.05, 3.63) is 216 Å². The van der Waals surface area contributed by atoms with Crippen LogP contribution in [0.5, 0.6) is 0 Å². The molecule has 9 aromatic rings. The van der Waals surface area contributed by atoms with E-state index in [1.807, 2.05) is 85.0 Å². The van der Waals surface area contributed by atoms with Crippen molar-refractivity contribution in [3.8, 4) is 0 Å². The molecular formula is C75H91Br3ClF3N18O12S3. The van der Waals surface area contributed by atoms with Crippen LogP contribution in [0.4, 0.5) is 24.8 Å². The second-order valence-electron chi connectivity index (χ2n) is 28.2. The number of sulfonamides is 3. The van der Waals surface area contributed by atoms with Crippen LogP contribution in [0.1, 0.15) is 157 Å². The van der Waals surface area contributed by atoms with E-state index in [-0.39, 0.29) is 106 Å². The SMILES string of the molecule is C.C1CCOC1.C[C@H]1C[C@H](NC(=O)C(F)(F)F)C[C@@H]1CCS(N)(=O)=O.C[C@H]1C[C@H](Nc2ncncc2C(=O)c2ccn(Cc3cccc(Br)c3)n2)C[C@H]1CCS(N)(=O)=O.NS(=O)(=O)CC[C@H]1C[C@@H](Nc2ncncc2C(=O)c2ccn(Cc3cccc(Br)c3)n2)C[C@@H]1O.O=C(c1ccn(Cc2cccc(Br)c2)n1)c1cncnc1Cl. The fourth-order valence-electron chi connectivity index (χ4n) is 13.6. The Hall–Kier alpha value is -8.22. The number of ether oxygens (including phenoxy) is 1. The third kappa shape index (κ3) is 30.0. The van der Waals surface area contributed by atoms with Crippen LogP contribution in [0.25, 0.3) is 0 Å². The van der Waals surface area contributed by atoms with Crippen LogP contribution < -0.4 is 31.4 Å². The van der Waals surface area contributed by atoms with Crippen LogP contribution in [0.2, 0.25) is 5.15 Å². The van der Waals surface area contributed by atoms with Crippen molar-refractivity contribution < 1.29 is 67.4 Å². The highest BCUT2D eigenvalue weighted by Gasteiger charge is 2.42. The molecule has 620 valence electrons. The highest BCUT2D eigenvalue weighted by atomic mass is 79.9. The molecule has 3 aromatic carbocycles. The summed E-state index contributed by atoms with van der Waals surface area (Å²) in [5.74, 6) is -2.00. The highest BCUT2D eigenvalue weighted by molar-refractivity contribution is 9.11.